The topological polar surface area (TPSA) is 41.1 Å². The van der Waals surface area contributed by atoms with Gasteiger partial charge in [-0.2, -0.15) is 0 Å². The van der Waals surface area contributed by atoms with Gasteiger partial charge in [0.15, 0.2) is 0 Å². The molecule has 3 rings (SSSR count). The van der Waals surface area contributed by atoms with Crippen molar-refractivity contribution in [3.05, 3.63) is 35.4 Å². The van der Waals surface area contributed by atoms with Gasteiger partial charge < -0.3 is 10.6 Å². The van der Waals surface area contributed by atoms with Gasteiger partial charge in [0.25, 0.3) is 0 Å². The molecule has 0 bridgehead atoms. The lowest BCUT2D eigenvalue weighted by atomic mass is 9.87. The standard InChI is InChI=1S/C12H14N2O/c15-12-11-7-13-6-10(11)9-4-2-1-3-8(9)5-14-12/h1-4,10-11,13H,5-7H2,(H,14,15)/t10-,11+/m1/s1. The third-order valence-corrected chi connectivity index (χ3v) is 3.46. The summed E-state index contributed by atoms with van der Waals surface area (Å²) in [4.78, 5) is 11.8. The number of carbonyl (C=O) groups is 1. The molecule has 2 heterocycles. The maximum absolute atomic E-state index is 11.8. The Bertz CT molecular complexity index is 402. The lowest BCUT2D eigenvalue weighted by molar-refractivity contribution is -0.124. The van der Waals surface area contributed by atoms with Gasteiger partial charge in [-0.25, -0.2) is 0 Å². The van der Waals surface area contributed by atoms with Crippen molar-refractivity contribution in [3.8, 4) is 0 Å². The zero-order valence-corrected chi connectivity index (χ0v) is 8.49. The fourth-order valence-corrected chi connectivity index (χ4v) is 2.65. The SMILES string of the molecule is O=C1NCc2ccccc2[C@H]2CNC[C@H]12. The van der Waals surface area contributed by atoms with Crippen LogP contribution in [-0.2, 0) is 11.3 Å². The summed E-state index contributed by atoms with van der Waals surface area (Å²) in [6, 6.07) is 8.36. The van der Waals surface area contributed by atoms with Crippen molar-refractivity contribution in [3.63, 3.8) is 0 Å². The van der Waals surface area contributed by atoms with Crippen LogP contribution < -0.4 is 10.6 Å². The van der Waals surface area contributed by atoms with Gasteiger partial charge >= 0.3 is 0 Å². The van der Waals surface area contributed by atoms with Crippen molar-refractivity contribution in [1.29, 1.82) is 0 Å². The molecule has 1 saturated heterocycles. The Morgan fingerprint density at radius 3 is 2.87 bits per heavy atom. The second kappa shape index (κ2) is 3.35. The van der Waals surface area contributed by atoms with Crippen LogP contribution in [0, 0.1) is 5.92 Å². The molecule has 78 valence electrons. The van der Waals surface area contributed by atoms with Gasteiger partial charge in [-0.15, -0.1) is 0 Å². The molecule has 3 nitrogen and oxygen atoms in total. The summed E-state index contributed by atoms with van der Waals surface area (Å²) in [5, 5.41) is 6.30. The number of fused-ring (bicyclic) bond motifs is 3. The van der Waals surface area contributed by atoms with Gasteiger partial charge in [0, 0.05) is 25.6 Å². The smallest absolute Gasteiger partial charge is 0.225 e. The Morgan fingerprint density at radius 1 is 1.13 bits per heavy atom. The number of nitrogens with one attached hydrogen (secondary N) is 2. The summed E-state index contributed by atoms with van der Waals surface area (Å²) in [6.07, 6.45) is 0. The normalized spacial score (nSPS) is 28.9. The molecule has 0 aromatic heterocycles. The van der Waals surface area contributed by atoms with Crippen LogP contribution in [0.15, 0.2) is 24.3 Å². The third-order valence-electron chi connectivity index (χ3n) is 3.46. The highest BCUT2D eigenvalue weighted by atomic mass is 16.1. The monoisotopic (exact) mass is 202 g/mol. The number of benzene rings is 1. The van der Waals surface area contributed by atoms with Crippen LogP contribution in [-0.4, -0.2) is 19.0 Å². The van der Waals surface area contributed by atoms with Crippen molar-refractivity contribution in [1.82, 2.24) is 10.6 Å². The van der Waals surface area contributed by atoms with E-state index in [1.165, 1.54) is 11.1 Å². The largest absolute Gasteiger partial charge is 0.352 e. The van der Waals surface area contributed by atoms with Crippen molar-refractivity contribution in [2.45, 2.75) is 12.5 Å². The van der Waals surface area contributed by atoms with E-state index in [1.54, 1.807) is 0 Å². The van der Waals surface area contributed by atoms with Crippen molar-refractivity contribution in [2.24, 2.45) is 5.92 Å². The first-order chi connectivity index (χ1) is 7.36. The summed E-state index contributed by atoms with van der Waals surface area (Å²) in [7, 11) is 0. The molecule has 0 spiro atoms. The zero-order valence-electron chi connectivity index (χ0n) is 8.49. The summed E-state index contributed by atoms with van der Waals surface area (Å²) < 4.78 is 0. The maximum Gasteiger partial charge on any atom is 0.225 e. The first-order valence-electron chi connectivity index (χ1n) is 5.42. The summed E-state index contributed by atoms with van der Waals surface area (Å²) >= 11 is 0. The zero-order chi connectivity index (χ0) is 10.3. The van der Waals surface area contributed by atoms with E-state index in [1.807, 2.05) is 6.07 Å². The van der Waals surface area contributed by atoms with Crippen LogP contribution in [0.2, 0.25) is 0 Å². The molecule has 2 aliphatic rings. The van der Waals surface area contributed by atoms with Gasteiger partial charge in [-0.05, 0) is 11.1 Å². The van der Waals surface area contributed by atoms with Crippen LogP contribution >= 0.6 is 0 Å². The van der Waals surface area contributed by atoms with Gasteiger partial charge in [-0.3, -0.25) is 4.79 Å². The van der Waals surface area contributed by atoms with E-state index in [2.05, 4.69) is 28.8 Å². The van der Waals surface area contributed by atoms with Gasteiger partial charge in [0.05, 0.1) is 5.92 Å². The van der Waals surface area contributed by atoms with Crippen LogP contribution in [0.25, 0.3) is 0 Å². The molecule has 1 aromatic carbocycles. The van der Waals surface area contributed by atoms with Gasteiger partial charge in [0.1, 0.15) is 0 Å². The first kappa shape index (κ1) is 8.92. The quantitative estimate of drug-likeness (QED) is 0.647. The Labute approximate surface area is 88.9 Å². The molecule has 1 fully saturated rings. The summed E-state index contributed by atoms with van der Waals surface area (Å²) in [5.41, 5.74) is 2.60. The van der Waals surface area contributed by atoms with Crippen LogP contribution in [0.3, 0.4) is 0 Å². The second-order valence-electron chi connectivity index (χ2n) is 4.29. The Hall–Kier alpha value is -1.35. The van der Waals surface area contributed by atoms with Crippen molar-refractivity contribution in [2.75, 3.05) is 13.1 Å². The molecule has 2 aliphatic heterocycles. The van der Waals surface area contributed by atoms with E-state index in [0.717, 1.165) is 13.1 Å². The Kier molecular flexibility index (Phi) is 1.99. The predicted octanol–water partition coefficient (Wildman–Crippen LogP) is 0.619. The van der Waals surface area contributed by atoms with Crippen LogP contribution in [0.4, 0.5) is 0 Å². The van der Waals surface area contributed by atoms with Crippen molar-refractivity contribution < 1.29 is 4.79 Å². The molecule has 0 unspecified atom stereocenters. The molecule has 0 radical (unpaired) electrons. The minimum absolute atomic E-state index is 0.119. The fraction of sp³-hybridized carbons (Fsp3) is 0.417. The van der Waals surface area contributed by atoms with Gasteiger partial charge in [-0.1, -0.05) is 24.3 Å². The van der Waals surface area contributed by atoms with E-state index >= 15 is 0 Å². The number of carbonyl (C=O) groups excluding carboxylic acids is 1. The molecule has 2 atom stereocenters. The fourth-order valence-electron chi connectivity index (χ4n) is 2.65. The highest BCUT2D eigenvalue weighted by molar-refractivity contribution is 5.81. The highest BCUT2D eigenvalue weighted by Gasteiger charge is 2.36. The molecular weight excluding hydrogens is 188 g/mol. The highest BCUT2D eigenvalue weighted by Crippen LogP contribution is 2.32. The third kappa shape index (κ3) is 1.35. The molecule has 2 N–H and O–H groups in total. The first-order valence-corrected chi connectivity index (χ1v) is 5.42. The van der Waals surface area contributed by atoms with E-state index < -0.39 is 0 Å². The minimum Gasteiger partial charge on any atom is -0.352 e. The lowest BCUT2D eigenvalue weighted by Gasteiger charge is -2.15. The lowest BCUT2D eigenvalue weighted by Crippen LogP contribution is -2.31. The van der Waals surface area contributed by atoms with E-state index in [9.17, 15) is 4.79 Å². The average Bonchev–Trinajstić information content (AvgIpc) is 2.71. The Morgan fingerprint density at radius 2 is 1.93 bits per heavy atom. The maximum atomic E-state index is 11.8. The summed E-state index contributed by atoms with van der Waals surface area (Å²) in [5.74, 6) is 0.679. The van der Waals surface area contributed by atoms with Crippen molar-refractivity contribution >= 4 is 5.91 Å². The second-order valence-corrected chi connectivity index (χ2v) is 4.29. The number of rotatable bonds is 0. The Balaban J connectivity index is 2.08. The van der Waals surface area contributed by atoms with E-state index in [-0.39, 0.29) is 11.8 Å². The molecule has 15 heavy (non-hydrogen) atoms. The molecular formula is C12H14N2O. The molecule has 3 heteroatoms. The van der Waals surface area contributed by atoms with Crippen LogP contribution in [0.1, 0.15) is 17.0 Å². The summed E-state index contributed by atoms with van der Waals surface area (Å²) in [6.45, 7) is 2.42. The van der Waals surface area contributed by atoms with E-state index in [0.29, 0.717) is 12.5 Å². The number of hydrogen-bond donors (Lipinski definition) is 2. The molecule has 1 amide bonds. The molecule has 0 aliphatic carbocycles. The minimum atomic E-state index is 0.119. The number of hydrogen-bond acceptors (Lipinski definition) is 2. The average molecular weight is 202 g/mol. The molecule has 1 aromatic rings. The van der Waals surface area contributed by atoms with Gasteiger partial charge in [0.2, 0.25) is 5.91 Å². The molecule has 0 saturated carbocycles. The number of amides is 1. The van der Waals surface area contributed by atoms with Crippen LogP contribution in [0.5, 0.6) is 0 Å². The van der Waals surface area contributed by atoms with E-state index in [4.69, 9.17) is 0 Å². The predicted molar refractivity (Wildman–Crippen MR) is 57.4 cm³/mol.